The summed E-state index contributed by atoms with van der Waals surface area (Å²) in [4.78, 5) is 26.3. The summed E-state index contributed by atoms with van der Waals surface area (Å²) in [5, 5.41) is 5.21. The number of benzene rings is 1. The fourth-order valence-electron chi connectivity index (χ4n) is 4.46. The first-order valence-corrected chi connectivity index (χ1v) is 11.0. The van der Waals surface area contributed by atoms with Gasteiger partial charge in [0.2, 0.25) is 5.91 Å². The second kappa shape index (κ2) is 8.42. The van der Waals surface area contributed by atoms with E-state index in [1.807, 2.05) is 35.2 Å². The number of aromatic nitrogens is 3. The number of nitrogens with zero attached hydrogens (tertiary/aromatic N) is 5. The molecule has 0 radical (unpaired) electrons. The van der Waals surface area contributed by atoms with E-state index in [2.05, 4.69) is 15.0 Å². The van der Waals surface area contributed by atoms with Crippen LogP contribution in [-0.2, 0) is 11.2 Å². The lowest BCUT2D eigenvalue weighted by Gasteiger charge is -2.28. The fourth-order valence-corrected chi connectivity index (χ4v) is 4.46. The minimum absolute atomic E-state index is 0.193. The van der Waals surface area contributed by atoms with Crippen molar-refractivity contribution in [1.29, 1.82) is 0 Å². The summed E-state index contributed by atoms with van der Waals surface area (Å²) in [6.45, 7) is 3.69. The maximum atomic E-state index is 12.5. The van der Waals surface area contributed by atoms with Crippen LogP contribution >= 0.6 is 0 Å². The summed E-state index contributed by atoms with van der Waals surface area (Å²) < 4.78 is 5.66. The number of carbonyl (C=O) groups excluding carboxylic acids is 1. The Morgan fingerprint density at radius 1 is 0.933 bits per heavy atom. The molecule has 1 aromatic carbocycles. The zero-order valence-electron chi connectivity index (χ0n) is 17.2. The number of anilines is 1. The van der Waals surface area contributed by atoms with Gasteiger partial charge in [-0.05, 0) is 32.1 Å². The molecule has 7 heteroatoms. The van der Waals surface area contributed by atoms with Gasteiger partial charge in [0.05, 0.1) is 0 Å². The van der Waals surface area contributed by atoms with E-state index in [0.717, 1.165) is 74.3 Å². The molecule has 0 unspecified atom stereocenters. The van der Waals surface area contributed by atoms with Crippen molar-refractivity contribution >= 4 is 22.8 Å². The van der Waals surface area contributed by atoms with Crippen molar-refractivity contribution in [3.8, 4) is 11.3 Å². The van der Waals surface area contributed by atoms with E-state index in [-0.39, 0.29) is 5.91 Å². The summed E-state index contributed by atoms with van der Waals surface area (Å²) in [6, 6.07) is 10.0. The number of amides is 1. The number of carbonyl (C=O) groups is 1. The highest BCUT2D eigenvalue weighted by Gasteiger charge is 2.24. The molecule has 0 bridgehead atoms. The van der Waals surface area contributed by atoms with Gasteiger partial charge in [-0.2, -0.15) is 4.98 Å². The standard InChI is InChI=1S/C23H27N5O2/c29-19(27-13-7-8-14-27)12-11-18-24-22(28-15-5-2-6-16-28)20-21(26-30-23(20)25-18)17-9-3-1-4-10-17/h1,3-4,9-10H,2,5-8,11-16H2. The Kier molecular flexibility index (Phi) is 5.34. The zero-order chi connectivity index (χ0) is 20.3. The van der Waals surface area contributed by atoms with Gasteiger partial charge in [0.1, 0.15) is 22.7 Å². The molecule has 0 N–H and O–H groups in total. The lowest BCUT2D eigenvalue weighted by atomic mass is 10.1. The first kappa shape index (κ1) is 19.0. The van der Waals surface area contributed by atoms with E-state index in [1.165, 1.54) is 6.42 Å². The van der Waals surface area contributed by atoms with Gasteiger partial charge < -0.3 is 14.3 Å². The summed E-state index contributed by atoms with van der Waals surface area (Å²) in [7, 11) is 0. The molecule has 5 rings (SSSR count). The SMILES string of the molecule is O=C(CCc1nc(N2CCCCC2)c2c(-c3ccccc3)noc2n1)N1CCCC1. The first-order valence-electron chi connectivity index (χ1n) is 11.0. The second-order valence-electron chi connectivity index (χ2n) is 8.18. The third kappa shape index (κ3) is 3.76. The van der Waals surface area contributed by atoms with Crippen LogP contribution in [0.15, 0.2) is 34.9 Å². The smallest absolute Gasteiger partial charge is 0.263 e. The Hall–Kier alpha value is -2.96. The molecule has 2 aliphatic heterocycles. The maximum absolute atomic E-state index is 12.5. The first-order chi connectivity index (χ1) is 14.8. The lowest BCUT2D eigenvalue weighted by molar-refractivity contribution is -0.130. The zero-order valence-corrected chi connectivity index (χ0v) is 17.2. The van der Waals surface area contributed by atoms with Crippen molar-refractivity contribution in [1.82, 2.24) is 20.0 Å². The number of fused-ring (bicyclic) bond motifs is 1. The lowest BCUT2D eigenvalue weighted by Crippen LogP contribution is -2.31. The Morgan fingerprint density at radius 2 is 1.67 bits per heavy atom. The molecule has 1 amide bonds. The van der Waals surface area contributed by atoms with Gasteiger partial charge in [-0.25, -0.2) is 4.98 Å². The van der Waals surface area contributed by atoms with Crippen molar-refractivity contribution in [2.75, 3.05) is 31.1 Å². The molecular weight excluding hydrogens is 378 g/mol. The number of hydrogen-bond donors (Lipinski definition) is 0. The number of likely N-dealkylation sites (tertiary alicyclic amines) is 1. The van der Waals surface area contributed by atoms with E-state index in [4.69, 9.17) is 9.51 Å². The Balaban J connectivity index is 1.49. The van der Waals surface area contributed by atoms with Crippen LogP contribution in [0.2, 0.25) is 0 Å². The van der Waals surface area contributed by atoms with Crippen LogP contribution in [0.3, 0.4) is 0 Å². The van der Waals surface area contributed by atoms with E-state index in [1.54, 1.807) is 0 Å². The highest BCUT2D eigenvalue weighted by atomic mass is 16.5. The average Bonchev–Trinajstić information content (AvgIpc) is 3.48. The van der Waals surface area contributed by atoms with E-state index < -0.39 is 0 Å². The molecule has 0 aliphatic carbocycles. The van der Waals surface area contributed by atoms with Crippen LogP contribution < -0.4 is 4.90 Å². The highest BCUT2D eigenvalue weighted by Crippen LogP contribution is 2.34. The van der Waals surface area contributed by atoms with Crippen LogP contribution in [0.4, 0.5) is 5.82 Å². The van der Waals surface area contributed by atoms with Gasteiger partial charge in [-0.1, -0.05) is 35.5 Å². The molecule has 2 aliphatic rings. The number of rotatable bonds is 5. The molecule has 2 aromatic heterocycles. The van der Waals surface area contributed by atoms with Gasteiger partial charge >= 0.3 is 0 Å². The predicted molar refractivity (Wildman–Crippen MR) is 115 cm³/mol. The van der Waals surface area contributed by atoms with Crippen molar-refractivity contribution in [2.24, 2.45) is 0 Å². The normalized spacial score (nSPS) is 17.1. The van der Waals surface area contributed by atoms with E-state index in [9.17, 15) is 4.79 Å². The van der Waals surface area contributed by atoms with Gasteiger partial charge in [0.15, 0.2) is 0 Å². The molecule has 7 nitrogen and oxygen atoms in total. The minimum atomic E-state index is 0.193. The van der Waals surface area contributed by atoms with Crippen LogP contribution in [-0.4, -0.2) is 52.1 Å². The number of piperidine rings is 1. The van der Waals surface area contributed by atoms with Crippen LogP contribution in [0.25, 0.3) is 22.4 Å². The molecule has 0 atom stereocenters. The van der Waals surface area contributed by atoms with Crippen molar-refractivity contribution in [3.05, 3.63) is 36.2 Å². The van der Waals surface area contributed by atoms with E-state index >= 15 is 0 Å². The third-order valence-electron chi connectivity index (χ3n) is 6.09. The van der Waals surface area contributed by atoms with Gasteiger partial charge in [0, 0.05) is 44.6 Å². The number of aryl methyl sites for hydroxylation is 1. The second-order valence-corrected chi connectivity index (χ2v) is 8.18. The fraction of sp³-hybridized carbons (Fsp3) is 0.478. The highest BCUT2D eigenvalue weighted by molar-refractivity contribution is 5.98. The topological polar surface area (TPSA) is 75.4 Å². The Morgan fingerprint density at radius 3 is 2.43 bits per heavy atom. The average molecular weight is 406 g/mol. The Labute approximate surface area is 176 Å². The molecule has 3 aromatic rings. The van der Waals surface area contributed by atoms with E-state index in [0.29, 0.717) is 24.4 Å². The number of hydrogen-bond acceptors (Lipinski definition) is 6. The monoisotopic (exact) mass is 405 g/mol. The molecule has 156 valence electrons. The molecule has 0 saturated carbocycles. The molecule has 0 spiro atoms. The summed E-state index contributed by atoms with van der Waals surface area (Å²) in [5.41, 5.74) is 2.29. The van der Waals surface area contributed by atoms with Crippen LogP contribution in [0.1, 0.15) is 44.3 Å². The molecule has 4 heterocycles. The summed E-state index contributed by atoms with van der Waals surface area (Å²) in [5.74, 6) is 1.74. The molecular formula is C23H27N5O2. The largest absolute Gasteiger partial charge is 0.356 e. The van der Waals surface area contributed by atoms with Gasteiger partial charge in [-0.3, -0.25) is 4.79 Å². The third-order valence-corrected chi connectivity index (χ3v) is 6.09. The van der Waals surface area contributed by atoms with Gasteiger partial charge in [0.25, 0.3) is 5.71 Å². The Bertz CT molecular complexity index is 1020. The van der Waals surface area contributed by atoms with Crippen LogP contribution in [0, 0.1) is 0 Å². The molecule has 2 fully saturated rings. The summed E-state index contributed by atoms with van der Waals surface area (Å²) >= 11 is 0. The maximum Gasteiger partial charge on any atom is 0.263 e. The molecule has 2 saturated heterocycles. The van der Waals surface area contributed by atoms with Gasteiger partial charge in [-0.15, -0.1) is 0 Å². The van der Waals surface area contributed by atoms with Crippen molar-refractivity contribution in [3.63, 3.8) is 0 Å². The quantitative estimate of drug-likeness (QED) is 0.642. The molecule has 30 heavy (non-hydrogen) atoms. The predicted octanol–water partition coefficient (Wildman–Crippen LogP) is 3.83. The summed E-state index contributed by atoms with van der Waals surface area (Å²) in [6.07, 6.45) is 6.72. The van der Waals surface area contributed by atoms with Crippen LogP contribution in [0.5, 0.6) is 0 Å². The minimum Gasteiger partial charge on any atom is -0.356 e. The van der Waals surface area contributed by atoms with Crippen molar-refractivity contribution < 1.29 is 9.32 Å². The van der Waals surface area contributed by atoms with Crippen molar-refractivity contribution in [2.45, 2.75) is 44.9 Å².